The highest BCUT2D eigenvalue weighted by Crippen LogP contribution is 2.45. The predicted molar refractivity (Wildman–Crippen MR) is 87.4 cm³/mol. The number of hydrogen-bond acceptors (Lipinski definition) is 3. The first-order valence-electron chi connectivity index (χ1n) is 7.67. The third-order valence-corrected chi connectivity index (χ3v) is 3.95. The molecule has 1 aliphatic rings. The number of amides is 1. The molecule has 1 aromatic rings. The van der Waals surface area contributed by atoms with Crippen molar-refractivity contribution in [2.75, 3.05) is 13.2 Å². The number of nitrogens with one attached hydrogen (secondary N) is 1. The predicted octanol–water partition coefficient (Wildman–Crippen LogP) is 4.25. The molecule has 1 aromatic carbocycles. The SMILES string of the molecule is CC(C)(C)OC(=O)NCC1(COc2ccc(F)cc2CCl)CC1. The summed E-state index contributed by atoms with van der Waals surface area (Å²) in [5.41, 5.74) is 0.0396. The van der Waals surface area contributed by atoms with Gasteiger partial charge in [0.25, 0.3) is 0 Å². The Morgan fingerprint density at radius 2 is 2.09 bits per heavy atom. The zero-order valence-electron chi connectivity index (χ0n) is 13.7. The Labute approximate surface area is 141 Å². The molecule has 1 amide bonds. The second-order valence-corrected chi connectivity index (χ2v) is 7.30. The fourth-order valence-corrected chi connectivity index (χ4v) is 2.36. The van der Waals surface area contributed by atoms with E-state index in [0.717, 1.165) is 12.8 Å². The number of halogens is 2. The van der Waals surface area contributed by atoms with E-state index in [0.29, 0.717) is 24.5 Å². The molecule has 0 bridgehead atoms. The Morgan fingerprint density at radius 1 is 1.39 bits per heavy atom. The second-order valence-electron chi connectivity index (χ2n) is 7.03. The normalized spacial score (nSPS) is 15.9. The molecule has 0 saturated heterocycles. The van der Waals surface area contributed by atoms with E-state index in [-0.39, 0.29) is 17.1 Å². The van der Waals surface area contributed by atoms with Crippen molar-refractivity contribution in [2.45, 2.75) is 45.1 Å². The summed E-state index contributed by atoms with van der Waals surface area (Å²) < 4.78 is 24.2. The van der Waals surface area contributed by atoms with E-state index in [2.05, 4.69) is 5.32 Å². The van der Waals surface area contributed by atoms with Crippen molar-refractivity contribution in [2.24, 2.45) is 5.41 Å². The van der Waals surface area contributed by atoms with Gasteiger partial charge in [0.05, 0.1) is 12.5 Å². The van der Waals surface area contributed by atoms with Gasteiger partial charge in [-0.05, 0) is 51.8 Å². The lowest BCUT2D eigenvalue weighted by atomic mass is 10.1. The highest BCUT2D eigenvalue weighted by Gasteiger charge is 2.44. The van der Waals surface area contributed by atoms with Gasteiger partial charge in [-0.25, -0.2) is 9.18 Å². The lowest BCUT2D eigenvalue weighted by molar-refractivity contribution is 0.0509. The second kappa shape index (κ2) is 6.95. The monoisotopic (exact) mass is 343 g/mol. The maximum Gasteiger partial charge on any atom is 0.407 e. The Bertz CT molecular complexity index is 567. The molecule has 23 heavy (non-hydrogen) atoms. The summed E-state index contributed by atoms with van der Waals surface area (Å²) in [6, 6.07) is 4.31. The van der Waals surface area contributed by atoms with Crippen LogP contribution >= 0.6 is 11.6 Å². The van der Waals surface area contributed by atoms with E-state index in [1.165, 1.54) is 12.1 Å². The average Bonchev–Trinajstić information content (AvgIpc) is 3.22. The Morgan fingerprint density at radius 3 is 2.65 bits per heavy atom. The van der Waals surface area contributed by atoms with E-state index >= 15 is 0 Å². The first kappa shape index (κ1) is 17.9. The smallest absolute Gasteiger partial charge is 0.407 e. The van der Waals surface area contributed by atoms with Crippen molar-refractivity contribution in [3.63, 3.8) is 0 Å². The molecule has 0 aliphatic heterocycles. The number of alkyl halides is 1. The van der Waals surface area contributed by atoms with Crippen molar-refractivity contribution in [1.82, 2.24) is 5.32 Å². The van der Waals surface area contributed by atoms with E-state index in [1.54, 1.807) is 6.07 Å². The van der Waals surface area contributed by atoms with E-state index < -0.39 is 11.7 Å². The Balaban J connectivity index is 1.85. The lowest BCUT2D eigenvalue weighted by Gasteiger charge is -2.22. The molecule has 0 spiro atoms. The van der Waals surface area contributed by atoms with Gasteiger partial charge in [0.1, 0.15) is 17.2 Å². The van der Waals surface area contributed by atoms with Crippen LogP contribution in [-0.2, 0) is 10.6 Å². The van der Waals surface area contributed by atoms with Gasteiger partial charge < -0.3 is 14.8 Å². The summed E-state index contributed by atoms with van der Waals surface area (Å²) in [4.78, 5) is 11.7. The molecular formula is C17H23ClFNO3. The molecule has 128 valence electrons. The van der Waals surface area contributed by atoms with Crippen molar-refractivity contribution in [3.8, 4) is 5.75 Å². The van der Waals surface area contributed by atoms with Crippen molar-refractivity contribution < 1.29 is 18.7 Å². The van der Waals surface area contributed by atoms with Crippen LogP contribution in [0.4, 0.5) is 9.18 Å². The van der Waals surface area contributed by atoms with Crippen molar-refractivity contribution in [1.29, 1.82) is 0 Å². The van der Waals surface area contributed by atoms with Crippen LogP contribution in [0.3, 0.4) is 0 Å². The van der Waals surface area contributed by atoms with Crippen LogP contribution in [0.25, 0.3) is 0 Å². The molecular weight excluding hydrogens is 321 g/mol. The highest BCUT2D eigenvalue weighted by molar-refractivity contribution is 6.17. The van der Waals surface area contributed by atoms with Gasteiger partial charge in [-0.1, -0.05) is 0 Å². The standard InChI is InChI=1S/C17H23ClFNO3/c1-16(2,3)23-15(21)20-10-17(6-7-17)11-22-14-5-4-13(19)8-12(14)9-18/h4-5,8H,6-7,9-11H2,1-3H3,(H,20,21). The molecule has 0 atom stereocenters. The van der Waals surface area contributed by atoms with Gasteiger partial charge in [0.15, 0.2) is 0 Å². The first-order chi connectivity index (χ1) is 10.7. The zero-order valence-corrected chi connectivity index (χ0v) is 14.5. The van der Waals surface area contributed by atoms with E-state index in [1.807, 2.05) is 20.8 Å². The van der Waals surface area contributed by atoms with Gasteiger partial charge in [-0.2, -0.15) is 0 Å². The van der Waals surface area contributed by atoms with Crippen LogP contribution in [0.2, 0.25) is 0 Å². The van der Waals surface area contributed by atoms with Crippen molar-refractivity contribution >= 4 is 17.7 Å². The highest BCUT2D eigenvalue weighted by atomic mass is 35.5. The van der Waals surface area contributed by atoms with Crippen LogP contribution < -0.4 is 10.1 Å². The quantitative estimate of drug-likeness (QED) is 0.785. The fourth-order valence-electron chi connectivity index (χ4n) is 2.15. The molecule has 6 heteroatoms. The maximum absolute atomic E-state index is 13.2. The number of benzene rings is 1. The molecule has 1 fully saturated rings. The number of carbonyl (C=O) groups excluding carboxylic acids is 1. The molecule has 0 radical (unpaired) electrons. The third-order valence-electron chi connectivity index (χ3n) is 3.66. The molecule has 4 nitrogen and oxygen atoms in total. The number of alkyl carbamates (subject to hydrolysis) is 1. The van der Waals surface area contributed by atoms with Crippen molar-refractivity contribution in [3.05, 3.63) is 29.6 Å². The van der Waals surface area contributed by atoms with Gasteiger partial charge in [0.2, 0.25) is 0 Å². The minimum atomic E-state index is -0.513. The average molecular weight is 344 g/mol. The molecule has 0 heterocycles. The summed E-state index contributed by atoms with van der Waals surface area (Å²) >= 11 is 5.81. The van der Waals surface area contributed by atoms with Crippen LogP contribution in [0.15, 0.2) is 18.2 Å². The number of rotatable bonds is 6. The third kappa shape index (κ3) is 5.57. The van der Waals surface area contributed by atoms with Gasteiger partial charge in [-0.3, -0.25) is 0 Å². The summed E-state index contributed by atoms with van der Waals surface area (Å²) in [5, 5.41) is 2.79. The molecule has 0 unspecified atom stereocenters. The van der Waals surface area contributed by atoms with Gasteiger partial charge in [0, 0.05) is 17.5 Å². The molecule has 1 saturated carbocycles. The topological polar surface area (TPSA) is 47.6 Å². The Kier molecular flexibility index (Phi) is 5.40. The lowest BCUT2D eigenvalue weighted by Crippen LogP contribution is -2.37. The summed E-state index contributed by atoms with van der Waals surface area (Å²) in [6.45, 7) is 6.43. The molecule has 2 rings (SSSR count). The molecule has 0 aromatic heterocycles. The van der Waals surface area contributed by atoms with E-state index in [4.69, 9.17) is 21.1 Å². The first-order valence-corrected chi connectivity index (χ1v) is 8.21. The van der Waals surface area contributed by atoms with Crippen LogP contribution in [0, 0.1) is 11.2 Å². The van der Waals surface area contributed by atoms with Crippen LogP contribution in [-0.4, -0.2) is 24.8 Å². The molecule has 1 N–H and O–H groups in total. The maximum atomic E-state index is 13.2. The van der Waals surface area contributed by atoms with Crippen LogP contribution in [0.5, 0.6) is 5.75 Å². The number of hydrogen-bond donors (Lipinski definition) is 1. The molecule has 1 aliphatic carbocycles. The van der Waals surface area contributed by atoms with E-state index in [9.17, 15) is 9.18 Å². The minimum absolute atomic E-state index is 0.0745. The zero-order chi connectivity index (χ0) is 17.1. The van der Waals surface area contributed by atoms with Crippen LogP contribution in [0.1, 0.15) is 39.2 Å². The summed E-state index contributed by atoms with van der Waals surface area (Å²) in [6.07, 6.45) is 1.52. The minimum Gasteiger partial charge on any atom is -0.493 e. The summed E-state index contributed by atoms with van der Waals surface area (Å²) in [5.74, 6) is 0.446. The van der Waals surface area contributed by atoms with Gasteiger partial charge >= 0.3 is 6.09 Å². The largest absolute Gasteiger partial charge is 0.493 e. The van der Waals surface area contributed by atoms with Gasteiger partial charge in [-0.15, -0.1) is 11.6 Å². The number of carbonyl (C=O) groups is 1. The number of ether oxygens (including phenoxy) is 2. The summed E-state index contributed by atoms with van der Waals surface area (Å²) in [7, 11) is 0. The fraction of sp³-hybridized carbons (Fsp3) is 0.588. The Hall–Kier alpha value is -1.49.